The van der Waals surface area contributed by atoms with E-state index in [0.717, 1.165) is 28.7 Å². The summed E-state index contributed by atoms with van der Waals surface area (Å²) >= 11 is 0. The number of anilines is 1. The summed E-state index contributed by atoms with van der Waals surface area (Å²) < 4.78 is 0. The predicted molar refractivity (Wildman–Crippen MR) is 75.1 cm³/mol. The van der Waals surface area contributed by atoms with Crippen molar-refractivity contribution in [2.45, 2.75) is 6.04 Å². The van der Waals surface area contributed by atoms with Gasteiger partial charge in [0.2, 0.25) is 0 Å². The number of fused-ring (bicyclic) bond motifs is 1. The molecule has 0 radical (unpaired) electrons. The van der Waals surface area contributed by atoms with Crippen LogP contribution in [0.1, 0.15) is 17.2 Å². The monoisotopic (exact) mass is 251 g/mol. The van der Waals surface area contributed by atoms with Crippen LogP contribution in [0, 0.1) is 0 Å². The molecule has 0 bridgehead atoms. The van der Waals surface area contributed by atoms with Gasteiger partial charge in [0.15, 0.2) is 0 Å². The van der Waals surface area contributed by atoms with E-state index >= 15 is 0 Å². The van der Waals surface area contributed by atoms with Crippen LogP contribution in [0.5, 0.6) is 0 Å². The van der Waals surface area contributed by atoms with Crippen molar-refractivity contribution in [2.24, 2.45) is 0 Å². The number of hydrogen-bond donors (Lipinski definition) is 2. The summed E-state index contributed by atoms with van der Waals surface area (Å²) in [5, 5.41) is 2.96. The van der Waals surface area contributed by atoms with Crippen molar-refractivity contribution in [2.75, 3.05) is 5.73 Å². The molecule has 2 heterocycles. The first-order valence-corrected chi connectivity index (χ1v) is 6.03. The first-order chi connectivity index (χ1) is 9.29. The number of nitrogens with one attached hydrogen (secondary N) is 1. The van der Waals surface area contributed by atoms with Gasteiger partial charge >= 0.3 is 0 Å². The number of aldehydes is 1. The van der Waals surface area contributed by atoms with Crippen LogP contribution in [-0.2, 0) is 4.79 Å². The third kappa shape index (κ3) is 1.97. The average molecular weight is 251 g/mol. The molecule has 2 aromatic rings. The van der Waals surface area contributed by atoms with Crippen LogP contribution in [-0.4, -0.2) is 11.3 Å². The lowest BCUT2D eigenvalue weighted by molar-refractivity contribution is -0.109. The highest BCUT2D eigenvalue weighted by Crippen LogP contribution is 2.30. The number of benzene rings is 1. The molecule has 1 atom stereocenters. The average Bonchev–Trinajstić information content (AvgIpc) is 2.47. The van der Waals surface area contributed by atoms with E-state index in [2.05, 4.69) is 10.3 Å². The second-order valence-corrected chi connectivity index (χ2v) is 4.38. The second kappa shape index (κ2) is 4.57. The molecule has 1 aromatic carbocycles. The fraction of sp³-hybridized carbons (Fsp3) is 0.0667. The molecule has 0 aliphatic carbocycles. The van der Waals surface area contributed by atoms with Gasteiger partial charge < -0.3 is 15.8 Å². The van der Waals surface area contributed by atoms with Gasteiger partial charge in [0.1, 0.15) is 18.1 Å². The van der Waals surface area contributed by atoms with Crippen LogP contribution in [0.4, 0.5) is 5.82 Å². The van der Waals surface area contributed by atoms with Crippen molar-refractivity contribution in [3.8, 4) is 11.3 Å². The number of nitrogen functional groups attached to an aromatic ring is 1. The van der Waals surface area contributed by atoms with E-state index in [4.69, 9.17) is 5.73 Å². The molecular formula is C15H13N3O. The van der Waals surface area contributed by atoms with E-state index in [1.54, 1.807) is 6.20 Å². The molecule has 0 saturated heterocycles. The first kappa shape index (κ1) is 11.5. The molecule has 1 aromatic heterocycles. The molecule has 4 nitrogen and oxygen atoms in total. The Morgan fingerprint density at radius 1 is 1.26 bits per heavy atom. The maximum absolute atomic E-state index is 11.1. The number of pyridine rings is 1. The second-order valence-electron chi connectivity index (χ2n) is 4.38. The van der Waals surface area contributed by atoms with E-state index in [1.807, 2.05) is 42.5 Å². The number of nitrogens with zero attached hydrogens (tertiary/aromatic N) is 1. The fourth-order valence-corrected chi connectivity index (χ4v) is 2.26. The van der Waals surface area contributed by atoms with Crippen LogP contribution in [0.2, 0.25) is 0 Å². The Hall–Kier alpha value is -2.62. The van der Waals surface area contributed by atoms with Crippen molar-refractivity contribution in [1.82, 2.24) is 10.3 Å². The lowest BCUT2D eigenvalue weighted by Gasteiger charge is -2.21. The third-order valence-electron chi connectivity index (χ3n) is 3.18. The highest BCUT2D eigenvalue weighted by Gasteiger charge is 2.20. The van der Waals surface area contributed by atoms with Gasteiger partial charge in [-0.05, 0) is 23.9 Å². The number of nitrogens with two attached hydrogens (primary N) is 1. The van der Waals surface area contributed by atoms with E-state index in [1.165, 1.54) is 0 Å². The van der Waals surface area contributed by atoms with Crippen LogP contribution >= 0.6 is 0 Å². The molecule has 19 heavy (non-hydrogen) atoms. The minimum Gasteiger partial charge on any atom is -0.383 e. The molecule has 4 heteroatoms. The molecule has 0 fully saturated rings. The summed E-state index contributed by atoms with van der Waals surface area (Å²) in [6.45, 7) is 0. The predicted octanol–water partition coefficient (Wildman–Crippen LogP) is 2.14. The van der Waals surface area contributed by atoms with Crippen molar-refractivity contribution in [3.05, 3.63) is 53.7 Å². The van der Waals surface area contributed by atoms with Gasteiger partial charge in [-0.3, -0.25) is 0 Å². The van der Waals surface area contributed by atoms with E-state index in [0.29, 0.717) is 5.82 Å². The number of rotatable bonds is 2. The number of aromatic nitrogens is 1. The van der Waals surface area contributed by atoms with Crippen LogP contribution in [0.25, 0.3) is 17.3 Å². The van der Waals surface area contributed by atoms with E-state index in [-0.39, 0.29) is 0 Å². The number of carbonyl (C=O) groups is 1. The van der Waals surface area contributed by atoms with Gasteiger partial charge in [-0.25, -0.2) is 4.98 Å². The topological polar surface area (TPSA) is 68.0 Å². The molecule has 1 aliphatic heterocycles. The van der Waals surface area contributed by atoms with Gasteiger partial charge in [-0.15, -0.1) is 0 Å². The summed E-state index contributed by atoms with van der Waals surface area (Å²) in [4.78, 5) is 15.4. The summed E-state index contributed by atoms with van der Waals surface area (Å²) in [5.41, 5.74) is 9.50. The maximum atomic E-state index is 11.1. The fourth-order valence-electron chi connectivity index (χ4n) is 2.26. The van der Waals surface area contributed by atoms with Gasteiger partial charge in [0, 0.05) is 11.1 Å². The van der Waals surface area contributed by atoms with Crippen molar-refractivity contribution >= 4 is 18.2 Å². The van der Waals surface area contributed by atoms with Gasteiger partial charge in [0.05, 0.1) is 5.69 Å². The zero-order chi connectivity index (χ0) is 13.2. The van der Waals surface area contributed by atoms with Crippen molar-refractivity contribution < 1.29 is 4.79 Å². The zero-order valence-corrected chi connectivity index (χ0v) is 10.2. The Morgan fingerprint density at radius 3 is 2.79 bits per heavy atom. The highest BCUT2D eigenvalue weighted by atomic mass is 16.1. The van der Waals surface area contributed by atoms with E-state index < -0.39 is 6.04 Å². The normalized spacial score (nSPS) is 16.5. The molecule has 1 aliphatic rings. The molecule has 0 saturated carbocycles. The number of hydrogen-bond acceptors (Lipinski definition) is 4. The Kier molecular flexibility index (Phi) is 2.76. The van der Waals surface area contributed by atoms with E-state index in [9.17, 15) is 4.79 Å². The molecule has 3 N–H and O–H groups in total. The first-order valence-electron chi connectivity index (χ1n) is 6.03. The number of carbonyl (C=O) groups excluding carboxylic acids is 1. The largest absolute Gasteiger partial charge is 0.383 e. The molecule has 1 unspecified atom stereocenters. The summed E-state index contributed by atoms with van der Waals surface area (Å²) in [5.74, 6) is 0.394. The standard InChI is InChI=1S/C15H13N3O/c16-15-14-11(6-7-17-13(14)9-19)8-12(18-15)10-4-2-1-3-5-10/h1-9,13,17H,(H2,16,18). The summed E-state index contributed by atoms with van der Waals surface area (Å²) in [7, 11) is 0. The highest BCUT2D eigenvalue weighted by molar-refractivity contribution is 5.77. The minimum absolute atomic E-state index is 0.394. The third-order valence-corrected chi connectivity index (χ3v) is 3.18. The Labute approximate surface area is 111 Å². The zero-order valence-electron chi connectivity index (χ0n) is 10.2. The van der Waals surface area contributed by atoms with Crippen LogP contribution in [0.3, 0.4) is 0 Å². The minimum atomic E-state index is -0.419. The lowest BCUT2D eigenvalue weighted by Crippen LogP contribution is -2.22. The quantitative estimate of drug-likeness (QED) is 0.802. The SMILES string of the molecule is Nc1nc(-c2ccccc2)cc2c1C(C=O)NC=C2. The molecule has 0 spiro atoms. The van der Waals surface area contributed by atoms with Crippen molar-refractivity contribution in [3.63, 3.8) is 0 Å². The van der Waals surface area contributed by atoms with Crippen molar-refractivity contribution in [1.29, 1.82) is 0 Å². The Bertz CT molecular complexity index is 650. The Morgan fingerprint density at radius 2 is 2.05 bits per heavy atom. The maximum Gasteiger partial charge on any atom is 0.146 e. The smallest absolute Gasteiger partial charge is 0.146 e. The molecule has 3 rings (SSSR count). The van der Waals surface area contributed by atoms with Gasteiger partial charge in [0.25, 0.3) is 0 Å². The molecule has 94 valence electrons. The van der Waals surface area contributed by atoms with Gasteiger partial charge in [-0.2, -0.15) is 0 Å². The lowest BCUT2D eigenvalue weighted by atomic mass is 9.97. The summed E-state index contributed by atoms with van der Waals surface area (Å²) in [6.07, 6.45) is 4.50. The summed E-state index contributed by atoms with van der Waals surface area (Å²) in [6, 6.07) is 11.4. The Balaban J connectivity index is 2.16. The van der Waals surface area contributed by atoms with Gasteiger partial charge in [-0.1, -0.05) is 30.3 Å². The van der Waals surface area contributed by atoms with Crippen LogP contribution < -0.4 is 11.1 Å². The molecule has 0 amide bonds. The van der Waals surface area contributed by atoms with Crippen LogP contribution in [0.15, 0.2) is 42.6 Å². The molecular weight excluding hydrogens is 238 g/mol.